The third-order valence-corrected chi connectivity index (χ3v) is 8.25. The molecule has 2 heterocycles. The lowest BCUT2D eigenvalue weighted by Crippen LogP contribution is -2.35. The Morgan fingerprint density at radius 2 is 1.67 bits per heavy atom. The molecule has 0 saturated carbocycles. The lowest BCUT2D eigenvalue weighted by Gasteiger charge is -2.24. The molecule has 0 fully saturated rings. The standard InChI is InChI=1S/C24H22N2O2S2/c27-30(28,24-11-5-8-20-6-1-3-9-22(20)24)26-14-13-25(16-19-12-15-29-18-19)23-10-4-2-7-21(23)17-26/h1-12,15,18H,13-14,16-17H2. The Hall–Kier alpha value is -2.67. The molecule has 152 valence electrons. The third-order valence-electron chi connectivity index (χ3n) is 5.62. The van der Waals surface area contributed by atoms with E-state index in [4.69, 9.17) is 0 Å². The molecule has 4 aromatic rings. The number of hydrogen-bond acceptors (Lipinski definition) is 4. The van der Waals surface area contributed by atoms with Crippen molar-refractivity contribution >= 4 is 37.8 Å². The largest absolute Gasteiger partial charge is 0.366 e. The van der Waals surface area contributed by atoms with Crippen LogP contribution in [0.3, 0.4) is 0 Å². The number of rotatable bonds is 4. The van der Waals surface area contributed by atoms with Crippen LogP contribution in [0.2, 0.25) is 0 Å². The van der Waals surface area contributed by atoms with Crippen molar-refractivity contribution in [1.29, 1.82) is 0 Å². The number of thiophene rings is 1. The Morgan fingerprint density at radius 3 is 2.53 bits per heavy atom. The van der Waals surface area contributed by atoms with Crippen LogP contribution in [0.4, 0.5) is 5.69 Å². The van der Waals surface area contributed by atoms with Gasteiger partial charge in [-0.25, -0.2) is 8.42 Å². The molecule has 5 rings (SSSR count). The smallest absolute Gasteiger partial charge is 0.244 e. The molecule has 0 N–H and O–H groups in total. The van der Waals surface area contributed by atoms with Crippen LogP contribution < -0.4 is 4.90 Å². The van der Waals surface area contributed by atoms with Crippen molar-refractivity contribution in [2.45, 2.75) is 18.0 Å². The van der Waals surface area contributed by atoms with Gasteiger partial charge in [-0.2, -0.15) is 15.6 Å². The van der Waals surface area contributed by atoms with E-state index in [-0.39, 0.29) is 0 Å². The molecule has 6 heteroatoms. The highest BCUT2D eigenvalue weighted by Crippen LogP contribution is 2.31. The molecule has 3 aromatic carbocycles. The predicted molar refractivity (Wildman–Crippen MR) is 123 cm³/mol. The van der Waals surface area contributed by atoms with Gasteiger partial charge in [-0.15, -0.1) is 0 Å². The zero-order chi connectivity index (χ0) is 20.6. The highest BCUT2D eigenvalue weighted by atomic mass is 32.2. The minimum absolute atomic E-state index is 0.377. The molecule has 0 unspecified atom stereocenters. The summed E-state index contributed by atoms with van der Waals surface area (Å²) < 4.78 is 29.0. The van der Waals surface area contributed by atoms with Crippen LogP contribution in [0, 0.1) is 0 Å². The van der Waals surface area contributed by atoms with E-state index in [9.17, 15) is 8.42 Å². The fraction of sp³-hybridized carbons (Fsp3) is 0.167. The predicted octanol–water partition coefficient (Wildman–Crippen LogP) is 5.11. The quantitative estimate of drug-likeness (QED) is 0.448. The lowest BCUT2D eigenvalue weighted by molar-refractivity contribution is 0.419. The molecular formula is C24H22N2O2S2. The monoisotopic (exact) mass is 434 g/mol. The lowest BCUT2D eigenvalue weighted by atomic mass is 10.1. The molecule has 0 amide bonds. The molecule has 0 radical (unpaired) electrons. The van der Waals surface area contributed by atoms with Crippen molar-refractivity contribution in [3.63, 3.8) is 0 Å². The SMILES string of the molecule is O=S(=O)(c1cccc2ccccc12)N1CCN(Cc2ccsc2)c2ccccc2C1. The number of nitrogens with zero attached hydrogens (tertiary/aromatic N) is 2. The fourth-order valence-corrected chi connectivity index (χ4v) is 6.39. The van der Waals surface area contributed by atoms with E-state index in [2.05, 4.69) is 27.8 Å². The minimum atomic E-state index is -3.63. The second-order valence-electron chi connectivity index (χ2n) is 7.50. The highest BCUT2D eigenvalue weighted by Gasteiger charge is 2.30. The Morgan fingerprint density at radius 1 is 0.867 bits per heavy atom. The van der Waals surface area contributed by atoms with Crippen LogP contribution >= 0.6 is 11.3 Å². The maximum atomic E-state index is 13.7. The zero-order valence-corrected chi connectivity index (χ0v) is 18.1. The second kappa shape index (κ2) is 7.87. The number of para-hydroxylation sites is 1. The summed E-state index contributed by atoms with van der Waals surface area (Å²) in [6, 6.07) is 23.4. The van der Waals surface area contributed by atoms with Crippen LogP contribution in [0.5, 0.6) is 0 Å². The Bertz CT molecular complexity index is 1280. The summed E-state index contributed by atoms with van der Waals surface area (Å²) in [6.07, 6.45) is 0. The van der Waals surface area contributed by atoms with Gasteiger partial charge in [-0.3, -0.25) is 0 Å². The van der Waals surface area contributed by atoms with Gasteiger partial charge in [0.25, 0.3) is 0 Å². The number of sulfonamides is 1. The molecule has 1 aromatic heterocycles. The Kier molecular flexibility index (Phi) is 5.06. The summed E-state index contributed by atoms with van der Waals surface area (Å²) in [4.78, 5) is 2.67. The second-order valence-corrected chi connectivity index (χ2v) is 10.2. The maximum Gasteiger partial charge on any atom is 0.244 e. The van der Waals surface area contributed by atoms with Crippen molar-refractivity contribution in [3.05, 3.63) is 94.7 Å². The molecule has 0 saturated heterocycles. The van der Waals surface area contributed by atoms with Gasteiger partial charge in [-0.05, 0) is 45.5 Å². The molecule has 0 atom stereocenters. The van der Waals surface area contributed by atoms with E-state index >= 15 is 0 Å². The summed E-state index contributed by atoms with van der Waals surface area (Å²) in [5.41, 5.74) is 3.40. The molecule has 4 nitrogen and oxygen atoms in total. The first kappa shape index (κ1) is 19.3. The van der Waals surface area contributed by atoms with Gasteiger partial charge in [0.1, 0.15) is 0 Å². The number of hydrogen-bond donors (Lipinski definition) is 0. The average Bonchev–Trinajstić information content (AvgIpc) is 3.21. The molecule has 0 spiro atoms. The normalized spacial score (nSPS) is 15.1. The van der Waals surface area contributed by atoms with Crippen molar-refractivity contribution in [3.8, 4) is 0 Å². The zero-order valence-electron chi connectivity index (χ0n) is 16.4. The van der Waals surface area contributed by atoms with Crippen LogP contribution in [-0.4, -0.2) is 25.8 Å². The van der Waals surface area contributed by atoms with Gasteiger partial charge in [0.2, 0.25) is 10.0 Å². The summed E-state index contributed by atoms with van der Waals surface area (Å²) in [5.74, 6) is 0. The van der Waals surface area contributed by atoms with Gasteiger partial charge in [-0.1, -0.05) is 54.6 Å². The molecule has 30 heavy (non-hydrogen) atoms. The van der Waals surface area contributed by atoms with Crippen molar-refractivity contribution in [2.24, 2.45) is 0 Å². The first-order valence-electron chi connectivity index (χ1n) is 9.95. The van der Waals surface area contributed by atoms with Crippen LogP contribution in [0.25, 0.3) is 10.8 Å². The van der Waals surface area contributed by atoms with E-state index in [0.29, 0.717) is 24.5 Å². The molecule has 1 aliphatic heterocycles. The molecule has 0 bridgehead atoms. The number of anilines is 1. The van der Waals surface area contributed by atoms with Gasteiger partial charge < -0.3 is 4.90 Å². The van der Waals surface area contributed by atoms with Crippen LogP contribution in [-0.2, 0) is 23.1 Å². The fourth-order valence-electron chi connectivity index (χ4n) is 4.11. The number of fused-ring (bicyclic) bond motifs is 2. The van der Waals surface area contributed by atoms with Gasteiger partial charge in [0.15, 0.2) is 0 Å². The number of benzene rings is 3. The summed E-state index contributed by atoms with van der Waals surface area (Å²) in [5, 5.41) is 5.94. The Balaban J connectivity index is 1.53. The van der Waals surface area contributed by atoms with Gasteiger partial charge in [0.05, 0.1) is 4.90 Å². The van der Waals surface area contributed by atoms with Crippen molar-refractivity contribution < 1.29 is 8.42 Å². The van der Waals surface area contributed by atoms with E-state index < -0.39 is 10.0 Å². The highest BCUT2D eigenvalue weighted by molar-refractivity contribution is 7.89. The third kappa shape index (κ3) is 3.51. The average molecular weight is 435 g/mol. The first-order chi connectivity index (χ1) is 14.6. The van der Waals surface area contributed by atoms with Crippen molar-refractivity contribution in [2.75, 3.05) is 18.0 Å². The van der Waals surface area contributed by atoms with Crippen LogP contribution in [0.1, 0.15) is 11.1 Å². The molecular weight excluding hydrogens is 412 g/mol. The first-order valence-corrected chi connectivity index (χ1v) is 12.3. The Labute approximate surface area is 181 Å². The van der Waals surface area contributed by atoms with E-state index in [1.54, 1.807) is 21.7 Å². The summed E-state index contributed by atoms with van der Waals surface area (Å²) >= 11 is 1.68. The van der Waals surface area contributed by atoms with Crippen LogP contribution in [0.15, 0.2) is 88.5 Å². The van der Waals surface area contributed by atoms with Gasteiger partial charge in [0, 0.05) is 37.3 Å². The minimum Gasteiger partial charge on any atom is -0.366 e. The van der Waals surface area contributed by atoms with Gasteiger partial charge >= 0.3 is 0 Å². The van der Waals surface area contributed by atoms with E-state index in [1.165, 1.54) is 5.56 Å². The van der Waals surface area contributed by atoms with E-state index in [0.717, 1.165) is 28.6 Å². The van der Waals surface area contributed by atoms with Crippen molar-refractivity contribution in [1.82, 2.24) is 4.31 Å². The summed E-state index contributed by atoms with van der Waals surface area (Å²) in [6.45, 7) is 2.26. The molecule has 1 aliphatic rings. The summed E-state index contributed by atoms with van der Waals surface area (Å²) in [7, 11) is -3.63. The molecule has 0 aliphatic carbocycles. The maximum absolute atomic E-state index is 13.7. The topological polar surface area (TPSA) is 40.6 Å². The van der Waals surface area contributed by atoms with E-state index in [1.807, 2.05) is 54.6 Å².